The van der Waals surface area contributed by atoms with Crippen LogP contribution in [0.5, 0.6) is 0 Å². The van der Waals surface area contributed by atoms with E-state index < -0.39 is 17.6 Å². The Morgan fingerprint density at radius 1 is 1.07 bits per heavy atom. The number of carbonyl (C=O) groups is 3. The molecule has 1 spiro atoms. The first-order valence-corrected chi connectivity index (χ1v) is 15.0. The van der Waals surface area contributed by atoms with E-state index in [1.54, 1.807) is 11.2 Å². The topological polar surface area (TPSA) is 108 Å². The van der Waals surface area contributed by atoms with E-state index >= 15 is 0 Å². The molecule has 0 aliphatic carbocycles. The van der Waals surface area contributed by atoms with Gasteiger partial charge in [-0.1, -0.05) is 23.7 Å². The van der Waals surface area contributed by atoms with Gasteiger partial charge in [0.1, 0.15) is 5.60 Å². The highest BCUT2D eigenvalue weighted by Gasteiger charge is 2.54. The maximum atomic E-state index is 13.6. The van der Waals surface area contributed by atoms with Crippen molar-refractivity contribution in [3.05, 3.63) is 70.3 Å². The van der Waals surface area contributed by atoms with Crippen LogP contribution in [0.15, 0.2) is 42.7 Å². The number of aliphatic carboxylic acids is 1. The lowest BCUT2D eigenvalue weighted by atomic mass is 9.73. The molecule has 1 N–H and O–H groups in total. The molecule has 0 bridgehead atoms. The summed E-state index contributed by atoms with van der Waals surface area (Å²) in [4.78, 5) is 48.2. The molecule has 1 atom stereocenters. The van der Waals surface area contributed by atoms with E-state index in [0.717, 1.165) is 55.0 Å². The van der Waals surface area contributed by atoms with Crippen molar-refractivity contribution in [1.29, 1.82) is 0 Å². The first-order valence-electron chi connectivity index (χ1n) is 14.6. The Kier molecular flexibility index (Phi) is 6.29. The predicted octanol–water partition coefficient (Wildman–Crippen LogP) is 4.99. The van der Waals surface area contributed by atoms with Crippen LogP contribution in [0, 0.1) is 5.41 Å². The van der Waals surface area contributed by atoms with E-state index in [0.29, 0.717) is 34.9 Å². The van der Waals surface area contributed by atoms with Gasteiger partial charge in [0, 0.05) is 72.2 Å². The molecule has 2 saturated heterocycles. The summed E-state index contributed by atoms with van der Waals surface area (Å²) in [6, 6.07) is 10.6. The zero-order valence-corrected chi connectivity index (χ0v) is 25.2. The number of hydrogen-bond acceptors (Lipinski definition) is 6. The van der Waals surface area contributed by atoms with Crippen molar-refractivity contribution >= 4 is 35.3 Å². The lowest BCUT2D eigenvalue weighted by Gasteiger charge is -2.60. The summed E-state index contributed by atoms with van der Waals surface area (Å²) in [5.41, 5.74) is 4.82. The molecule has 224 valence electrons. The number of carbonyl (C=O) groups excluding carboxylic acids is 2. The van der Waals surface area contributed by atoms with Crippen LogP contribution in [0.2, 0.25) is 5.02 Å². The summed E-state index contributed by atoms with van der Waals surface area (Å²) < 4.78 is 7.46. The van der Waals surface area contributed by atoms with Gasteiger partial charge in [0.25, 0.3) is 5.91 Å². The fraction of sp³-hybridized carbons (Fsp3) is 0.438. The van der Waals surface area contributed by atoms with Gasteiger partial charge in [-0.3, -0.25) is 4.79 Å². The van der Waals surface area contributed by atoms with E-state index in [2.05, 4.69) is 22.0 Å². The number of likely N-dealkylation sites (tertiary alicyclic amines) is 1. The Hall–Kier alpha value is -4.05. The van der Waals surface area contributed by atoms with Gasteiger partial charge < -0.3 is 29.1 Å². The van der Waals surface area contributed by atoms with Gasteiger partial charge >= 0.3 is 12.1 Å². The maximum Gasteiger partial charge on any atom is 0.410 e. The van der Waals surface area contributed by atoms with Crippen LogP contribution in [0.1, 0.15) is 60.5 Å². The number of hydrogen-bond donors (Lipinski definition) is 1. The third-order valence-corrected chi connectivity index (χ3v) is 9.27. The minimum absolute atomic E-state index is 0.123. The van der Waals surface area contributed by atoms with Crippen LogP contribution in [0.25, 0.3) is 11.1 Å². The number of halogens is 1. The van der Waals surface area contributed by atoms with Crippen molar-refractivity contribution in [3.63, 3.8) is 0 Å². The molecule has 4 aliphatic heterocycles. The number of carboxylic acids is 1. The number of ether oxygens (including phenoxy) is 1. The lowest BCUT2D eigenvalue weighted by Crippen LogP contribution is -2.73. The molecular formula is C32H34ClN5O5. The molecule has 1 unspecified atom stereocenters. The molecule has 0 radical (unpaired) electrons. The molecule has 5 heterocycles. The van der Waals surface area contributed by atoms with Gasteiger partial charge in [0.2, 0.25) is 0 Å². The molecule has 4 aliphatic rings. The fourth-order valence-corrected chi connectivity index (χ4v) is 7.20. The van der Waals surface area contributed by atoms with Gasteiger partial charge in [-0.15, -0.1) is 0 Å². The normalized spacial score (nSPS) is 19.2. The molecule has 7 rings (SSSR count). The van der Waals surface area contributed by atoms with E-state index in [1.807, 2.05) is 49.6 Å². The predicted molar refractivity (Wildman–Crippen MR) is 160 cm³/mol. The SMILES string of the molecule is CC(C)(C)OC(=O)N1CC2(C1)CN(c1ccc(-c3cc(Cl)c4c(c3)C(=O)N(C(C(=O)O)c3ncn5c3CCC5)C4)cc1)C2. The Labute approximate surface area is 254 Å². The number of fused-ring (bicyclic) bond motifs is 2. The van der Waals surface area contributed by atoms with Crippen LogP contribution in [-0.4, -0.2) is 74.2 Å². The fourth-order valence-electron chi connectivity index (χ4n) is 6.92. The molecule has 0 saturated carbocycles. The third-order valence-electron chi connectivity index (χ3n) is 8.93. The lowest BCUT2D eigenvalue weighted by molar-refractivity contribution is -0.142. The average Bonchev–Trinajstić information content (AvgIpc) is 3.59. The van der Waals surface area contributed by atoms with E-state index in [1.165, 1.54) is 4.90 Å². The van der Waals surface area contributed by atoms with Crippen molar-refractivity contribution < 1.29 is 24.2 Å². The van der Waals surface area contributed by atoms with Crippen LogP contribution in [0.4, 0.5) is 10.5 Å². The number of imidazole rings is 1. The number of aromatic nitrogens is 2. The smallest absolute Gasteiger partial charge is 0.410 e. The molecule has 2 fully saturated rings. The maximum absolute atomic E-state index is 13.6. The quantitative estimate of drug-likeness (QED) is 0.438. The second-order valence-electron chi connectivity index (χ2n) is 13.3. The highest BCUT2D eigenvalue weighted by atomic mass is 35.5. The van der Waals surface area contributed by atoms with Crippen molar-refractivity contribution in [2.75, 3.05) is 31.1 Å². The molecule has 2 amide bonds. The highest BCUT2D eigenvalue weighted by molar-refractivity contribution is 6.32. The number of benzene rings is 2. The van der Waals surface area contributed by atoms with Gasteiger partial charge in [0.05, 0.1) is 12.0 Å². The van der Waals surface area contributed by atoms with E-state index in [9.17, 15) is 19.5 Å². The highest BCUT2D eigenvalue weighted by Crippen LogP contribution is 2.43. The number of amides is 2. The summed E-state index contributed by atoms with van der Waals surface area (Å²) in [5.74, 6) is -1.46. The zero-order chi connectivity index (χ0) is 30.3. The number of rotatable bonds is 5. The van der Waals surface area contributed by atoms with Crippen molar-refractivity contribution in [2.24, 2.45) is 5.41 Å². The van der Waals surface area contributed by atoms with Gasteiger partial charge in [0.15, 0.2) is 6.04 Å². The minimum Gasteiger partial charge on any atom is -0.479 e. The number of aryl methyl sites for hydroxylation is 1. The molecule has 3 aromatic rings. The van der Waals surface area contributed by atoms with Crippen molar-refractivity contribution in [2.45, 2.75) is 58.3 Å². The Morgan fingerprint density at radius 3 is 2.47 bits per heavy atom. The standard InChI is InChI=1S/C32H34ClN5O5/c1-31(2,3)43-30(42)37-16-32(17-37)14-36(15-32)21-8-6-19(7-9-21)20-11-22-23(24(33)12-20)13-38(28(22)39)27(29(40)41)26-25-5-4-10-35(25)18-34-26/h6-9,11-12,18,27H,4-5,10,13-17H2,1-3H3,(H,40,41). The second kappa shape index (κ2) is 9.74. The van der Waals surface area contributed by atoms with Gasteiger partial charge in [-0.25, -0.2) is 14.6 Å². The first kappa shape index (κ1) is 27.8. The van der Waals surface area contributed by atoms with Crippen LogP contribution in [0.3, 0.4) is 0 Å². The molecule has 2 aromatic carbocycles. The number of nitrogens with zero attached hydrogens (tertiary/aromatic N) is 5. The van der Waals surface area contributed by atoms with Gasteiger partial charge in [-0.05, 0) is 69.0 Å². The average molecular weight is 604 g/mol. The third kappa shape index (κ3) is 4.72. The van der Waals surface area contributed by atoms with Crippen LogP contribution < -0.4 is 4.90 Å². The minimum atomic E-state index is -1.17. The Morgan fingerprint density at radius 2 is 1.79 bits per heavy atom. The molecule has 1 aromatic heterocycles. The molecule has 10 nitrogen and oxygen atoms in total. The second-order valence-corrected chi connectivity index (χ2v) is 13.7. The summed E-state index contributed by atoms with van der Waals surface area (Å²) in [6.45, 7) is 9.74. The summed E-state index contributed by atoms with van der Waals surface area (Å²) in [5, 5.41) is 10.6. The van der Waals surface area contributed by atoms with Crippen molar-refractivity contribution in [3.8, 4) is 11.1 Å². The van der Waals surface area contributed by atoms with Crippen LogP contribution >= 0.6 is 11.6 Å². The number of carboxylic acid groups (broad SMARTS) is 1. The summed E-state index contributed by atoms with van der Waals surface area (Å²) in [6.07, 6.45) is 3.10. The molecule has 11 heteroatoms. The van der Waals surface area contributed by atoms with Crippen molar-refractivity contribution in [1.82, 2.24) is 19.4 Å². The van der Waals surface area contributed by atoms with Crippen LogP contribution in [-0.2, 0) is 29.0 Å². The van der Waals surface area contributed by atoms with E-state index in [-0.39, 0.29) is 24.0 Å². The molecular weight excluding hydrogens is 570 g/mol. The zero-order valence-electron chi connectivity index (χ0n) is 24.5. The largest absolute Gasteiger partial charge is 0.479 e. The van der Waals surface area contributed by atoms with E-state index in [4.69, 9.17) is 16.3 Å². The summed E-state index contributed by atoms with van der Waals surface area (Å²) in [7, 11) is 0. The Balaban J connectivity index is 1.04. The molecule has 43 heavy (non-hydrogen) atoms. The Bertz CT molecular complexity index is 1650. The monoisotopic (exact) mass is 603 g/mol. The number of anilines is 1. The summed E-state index contributed by atoms with van der Waals surface area (Å²) >= 11 is 6.70. The van der Waals surface area contributed by atoms with Gasteiger partial charge in [-0.2, -0.15) is 0 Å². The first-order chi connectivity index (χ1) is 20.4.